The van der Waals surface area contributed by atoms with E-state index in [9.17, 15) is 9.18 Å². The summed E-state index contributed by atoms with van der Waals surface area (Å²) in [5, 5.41) is 2.70. The van der Waals surface area contributed by atoms with Gasteiger partial charge in [0, 0.05) is 19.8 Å². The molecule has 0 spiro atoms. The van der Waals surface area contributed by atoms with Crippen LogP contribution in [-0.4, -0.2) is 24.9 Å². The molecule has 1 aromatic carbocycles. The predicted octanol–water partition coefficient (Wildman–Crippen LogP) is 3.25. The highest BCUT2D eigenvalue weighted by atomic mass is 19.1. The Balaban J connectivity index is 3.08. The molecule has 0 bridgehead atoms. The molecule has 0 radical (unpaired) electrons. The summed E-state index contributed by atoms with van der Waals surface area (Å²) in [5.74, 6) is -1.09. The summed E-state index contributed by atoms with van der Waals surface area (Å²) in [6, 6.07) is 7.34. The highest BCUT2D eigenvalue weighted by Gasteiger charge is 2.18. The SMILES string of the molecule is C=C(C)/C(C(=O)Nc1ccccc1C)=C(/F)N(C)C. The van der Waals surface area contributed by atoms with E-state index < -0.39 is 11.9 Å². The fraction of sp³-hybridized carbons (Fsp3) is 0.267. The number of halogens is 1. The Labute approximate surface area is 113 Å². The second-order valence-corrected chi connectivity index (χ2v) is 4.61. The average molecular weight is 262 g/mol. The molecule has 0 heterocycles. The Kier molecular flexibility index (Phi) is 4.87. The van der Waals surface area contributed by atoms with Crippen molar-refractivity contribution in [2.45, 2.75) is 13.8 Å². The van der Waals surface area contributed by atoms with Crippen LogP contribution in [0.5, 0.6) is 0 Å². The van der Waals surface area contributed by atoms with Crippen molar-refractivity contribution in [3.05, 3.63) is 53.5 Å². The van der Waals surface area contributed by atoms with Gasteiger partial charge in [-0.15, -0.1) is 0 Å². The minimum atomic E-state index is -0.599. The molecule has 0 saturated carbocycles. The van der Waals surface area contributed by atoms with Gasteiger partial charge in [0.25, 0.3) is 5.91 Å². The zero-order valence-corrected chi connectivity index (χ0v) is 11.7. The molecule has 3 nitrogen and oxygen atoms in total. The topological polar surface area (TPSA) is 32.3 Å². The number of para-hydroxylation sites is 1. The maximum absolute atomic E-state index is 14.0. The summed E-state index contributed by atoms with van der Waals surface area (Å²) < 4.78 is 14.0. The number of aryl methyl sites for hydroxylation is 1. The third kappa shape index (κ3) is 3.68. The number of nitrogens with one attached hydrogen (secondary N) is 1. The van der Waals surface area contributed by atoms with Gasteiger partial charge in [-0.05, 0) is 31.1 Å². The highest BCUT2D eigenvalue weighted by molar-refractivity contribution is 6.07. The summed E-state index contributed by atoms with van der Waals surface area (Å²) in [7, 11) is 3.08. The van der Waals surface area contributed by atoms with Gasteiger partial charge in [0.15, 0.2) is 0 Å². The fourth-order valence-electron chi connectivity index (χ4n) is 1.59. The third-order valence-electron chi connectivity index (χ3n) is 2.65. The van der Waals surface area contributed by atoms with Gasteiger partial charge < -0.3 is 10.2 Å². The first kappa shape index (κ1) is 15.0. The van der Waals surface area contributed by atoms with Crippen LogP contribution >= 0.6 is 0 Å². The lowest BCUT2D eigenvalue weighted by atomic mass is 10.1. The molecule has 19 heavy (non-hydrogen) atoms. The van der Waals surface area contributed by atoms with Crippen molar-refractivity contribution in [2.75, 3.05) is 19.4 Å². The van der Waals surface area contributed by atoms with Crippen LogP contribution in [0.3, 0.4) is 0 Å². The molecule has 0 aromatic heterocycles. The number of amides is 1. The fourth-order valence-corrected chi connectivity index (χ4v) is 1.59. The van der Waals surface area contributed by atoms with E-state index >= 15 is 0 Å². The van der Waals surface area contributed by atoms with Gasteiger partial charge in [0.2, 0.25) is 5.95 Å². The lowest BCUT2D eigenvalue weighted by molar-refractivity contribution is -0.112. The summed E-state index contributed by atoms with van der Waals surface area (Å²) in [4.78, 5) is 13.4. The average Bonchev–Trinajstić information content (AvgIpc) is 2.31. The molecule has 1 N–H and O–H groups in total. The smallest absolute Gasteiger partial charge is 0.260 e. The standard InChI is InChI=1S/C15H19FN2O/c1-10(2)13(14(16)18(4)5)15(19)17-12-9-7-6-8-11(12)3/h6-9H,1H2,2-5H3,(H,17,19)/b14-13+. The maximum Gasteiger partial charge on any atom is 0.260 e. The minimum absolute atomic E-state index is 0.0340. The highest BCUT2D eigenvalue weighted by Crippen LogP contribution is 2.20. The summed E-state index contributed by atoms with van der Waals surface area (Å²) in [5.41, 5.74) is 1.94. The van der Waals surface area contributed by atoms with Crippen LogP contribution in [0, 0.1) is 6.92 Å². The number of benzene rings is 1. The molecular weight excluding hydrogens is 243 g/mol. The molecule has 0 fully saturated rings. The van der Waals surface area contributed by atoms with Crippen LogP contribution in [0.1, 0.15) is 12.5 Å². The van der Waals surface area contributed by atoms with E-state index in [2.05, 4.69) is 11.9 Å². The number of carbonyl (C=O) groups excluding carboxylic acids is 1. The van der Waals surface area contributed by atoms with E-state index in [1.807, 2.05) is 25.1 Å². The Morgan fingerprint density at radius 3 is 2.37 bits per heavy atom. The quantitative estimate of drug-likeness (QED) is 0.513. The van der Waals surface area contributed by atoms with E-state index in [-0.39, 0.29) is 5.57 Å². The van der Waals surface area contributed by atoms with E-state index in [1.165, 1.54) is 4.90 Å². The summed E-state index contributed by atoms with van der Waals surface area (Å²) in [6.45, 7) is 7.14. The Bertz CT molecular complexity index is 533. The van der Waals surface area contributed by atoms with E-state index in [0.717, 1.165) is 5.56 Å². The van der Waals surface area contributed by atoms with Crippen molar-refractivity contribution in [2.24, 2.45) is 0 Å². The number of hydrogen-bond donors (Lipinski definition) is 1. The van der Waals surface area contributed by atoms with Gasteiger partial charge in [-0.1, -0.05) is 24.8 Å². The molecule has 0 aliphatic rings. The minimum Gasteiger partial charge on any atom is -0.354 e. The maximum atomic E-state index is 14.0. The first-order valence-electron chi connectivity index (χ1n) is 5.94. The molecule has 0 aliphatic carbocycles. The molecule has 1 amide bonds. The molecule has 0 unspecified atom stereocenters. The first-order valence-corrected chi connectivity index (χ1v) is 5.94. The Morgan fingerprint density at radius 2 is 1.89 bits per heavy atom. The first-order chi connectivity index (χ1) is 8.84. The number of carbonyl (C=O) groups is 1. The van der Waals surface area contributed by atoms with Crippen LogP contribution in [-0.2, 0) is 4.79 Å². The van der Waals surface area contributed by atoms with Crippen LogP contribution in [0.2, 0.25) is 0 Å². The number of anilines is 1. The largest absolute Gasteiger partial charge is 0.354 e. The van der Waals surface area contributed by atoms with Gasteiger partial charge >= 0.3 is 0 Å². The molecule has 0 atom stereocenters. The summed E-state index contributed by atoms with van der Waals surface area (Å²) in [6.07, 6.45) is 0. The molecule has 4 heteroatoms. The predicted molar refractivity (Wildman–Crippen MR) is 76.4 cm³/mol. The van der Waals surface area contributed by atoms with Gasteiger partial charge in [-0.3, -0.25) is 4.79 Å². The second-order valence-electron chi connectivity index (χ2n) is 4.61. The molecule has 0 saturated heterocycles. The Hall–Kier alpha value is -2.10. The second kappa shape index (κ2) is 6.18. The molecular formula is C15H19FN2O. The van der Waals surface area contributed by atoms with Crippen molar-refractivity contribution in [1.82, 2.24) is 4.90 Å². The van der Waals surface area contributed by atoms with Crippen LogP contribution < -0.4 is 5.32 Å². The Morgan fingerprint density at radius 1 is 1.32 bits per heavy atom. The van der Waals surface area contributed by atoms with Crippen molar-refractivity contribution in [3.63, 3.8) is 0 Å². The van der Waals surface area contributed by atoms with Gasteiger partial charge in [-0.2, -0.15) is 4.39 Å². The van der Waals surface area contributed by atoms with E-state index in [4.69, 9.17) is 0 Å². The van der Waals surface area contributed by atoms with Crippen molar-refractivity contribution in [3.8, 4) is 0 Å². The third-order valence-corrected chi connectivity index (χ3v) is 2.65. The van der Waals surface area contributed by atoms with Gasteiger partial charge in [-0.25, -0.2) is 0 Å². The van der Waals surface area contributed by atoms with E-state index in [0.29, 0.717) is 11.3 Å². The summed E-state index contributed by atoms with van der Waals surface area (Å²) >= 11 is 0. The molecule has 0 aliphatic heterocycles. The zero-order valence-electron chi connectivity index (χ0n) is 11.7. The lowest BCUT2D eigenvalue weighted by Crippen LogP contribution is -2.21. The molecule has 102 valence electrons. The van der Waals surface area contributed by atoms with E-state index in [1.54, 1.807) is 27.1 Å². The van der Waals surface area contributed by atoms with Crippen molar-refractivity contribution in [1.29, 1.82) is 0 Å². The number of hydrogen-bond acceptors (Lipinski definition) is 2. The monoisotopic (exact) mass is 262 g/mol. The zero-order chi connectivity index (χ0) is 14.6. The van der Waals surface area contributed by atoms with Crippen LogP contribution in [0.4, 0.5) is 10.1 Å². The van der Waals surface area contributed by atoms with Crippen LogP contribution in [0.25, 0.3) is 0 Å². The van der Waals surface area contributed by atoms with Crippen molar-refractivity contribution >= 4 is 11.6 Å². The number of rotatable bonds is 4. The van der Waals surface area contributed by atoms with Crippen molar-refractivity contribution < 1.29 is 9.18 Å². The normalized spacial score (nSPS) is 11.6. The number of nitrogens with zero attached hydrogens (tertiary/aromatic N) is 1. The van der Waals surface area contributed by atoms with Gasteiger partial charge in [0.05, 0.1) is 5.57 Å². The van der Waals surface area contributed by atoms with Gasteiger partial charge in [0.1, 0.15) is 0 Å². The van der Waals surface area contributed by atoms with Crippen LogP contribution in [0.15, 0.2) is 47.9 Å². The molecule has 1 rings (SSSR count). The lowest BCUT2D eigenvalue weighted by Gasteiger charge is -2.16. The molecule has 1 aromatic rings.